The minimum atomic E-state index is -3.75. The molecule has 1 fully saturated rings. The summed E-state index contributed by atoms with van der Waals surface area (Å²) in [5, 5.41) is 3.94. The number of aryl methyl sites for hydroxylation is 1. The summed E-state index contributed by atoms with van der Waals surface area (Å²) in [7, 11) is -0.638. The summed E-state index contributed by atoms with van der Waals surface area (Å²) in [4.78, 5) is 14.5. The van der Waals surface area contributed by atoms with Crippen LogP contribution in [-0.4, -0.2) is 51.0 Å². The molecule has 34 heavy (non-hydrogen) atoms. The van der Waals surface area contributed by atoms with Crippen LogP contribution in [0.25, 0.3) is 11.3 Å². The van der Waals surface area contributed by atoms with Crippen molar-refractivity contribution in [2.24, 2.45) is 5.92 Å². The number of nitrogens with zero attached hydrogens (tertiary/aromatic N) is 3. The first-order valence-electron chi connectivity index (χ1n) is 11.2. The normalized spacial score (nSPS) is 15.3. The van der Waals surface area contributed by atoms with Crippen molar-refractivity contribution < 1.29 is 22.5 Å². The van der Waals surface area contributed by atoms with E-state index in [1.807, 2.05) is 31.2 Å². The molecule has 0 N–H and O–H groups in total. The molecule has 2 heterocycles. The fourth-order valence-corrected chi connectivity index (χ4v) is 5.68. The molecule has 0 bridgehead atoms. The highest BCUT2D eigenvalue weighted by atomic mass is 32.2. The Morgan fingerprint density at radius 1 is 1.15 bits per heavy atom. The minimum absolute atomic E-state index is 0.0724. The lowest BCUT2D eigenvalue weighted by Crippen LogP contribution is -2.38. The smallest absolute Gasteiger partial charge is 0.280 e. The molecule has 0 aliphatic carbocycles. The Morgan fingerprint density at radius 2 is 1.88 bits per heavy atom. The van der Waals surface area contributed by atoms with Gasteiger partial charge in [0.2, 0.25) is 10.0 Å². The van der Waals surface area contributed by atoms with E-state index in [1.54, 1.807) is 19.2 Å². The Kier molecular flexibility index (Phi) is 6.77. The molecule has 9 heteroatoms. The topological polar surface area (TPSA) is 93.0 Å². The fourth-order valence-electron chi connectivity index (χ4n) is 4.03. The largest absolute Gasteiger partial charge is 0.495 e. The summed E-state index contributed by atoms with van der Waals surface area (Å²) in [6.07, 6.45) is 1.65. The van der Waals surface area contributed by atoms with E-state index < -0.39 is 10.0 Å². The molecule has 1 saturated heterocycles. The highest BCUT2D eigenvalue weighted by molar-refractivity contribution is 7.89. The van der Waals surface area contributed by atoms with E-state index in [2.05, 4.69) is 12.1 Å². The molecule has 180 valence electrons. The lowest BCUT2D eigenvalue weighted by Gasteiger charge is -2.29. The lowest BCUT2D eigenvalue weighted by molar-refractivity contribution is 0.0984. The number of hydrogen-bond donors (Lipinski definition) is 0. The molecule has 2 aromatic carbocycles. The molecule has 0 saturated carbocycles. The van der Waals surface area contributed by atoms with Gasteiger partial charge in [0.25, 0.3) is 5.91 Å². The predicted octanol–water partition coefficient (Wildman–Crippen LogP) is 4.36. The van der Waals surface area contributed by atoms with Crippen molar-refractivity contribution in [3.8, 4) is 17.1 Å². The third kappa shape index (κ3) is 4.71. The van der Waals surface area contributed by atoms with Crippen LogP contribution in [0.3, 0.4) is 0 Å². The summed E-state index contributed by atoms with van der Waals surface area (Å²) in [5.41, 5.74) is 2.40. The summed E-state index contributed by atoms with van der Waals surface area (Å²) >= 11 is 0. The van der Waals surface area contributed by atoms with Gasteiger partial charge in [-0.25, -0.2) is 8.42 Å². The molecule has 4 rings (SSSR count). The zero-order chi connectivity index (χ0) is 24.5. The van der Waals surface area contributed by atoms with E-state index in [1.165, 1.54) is 28.4 Å². The molecule has 0 spiro atoms. The number of aromatic nitrogens is 1. The van der Waals surface area contributed by atoms with E-state index >= 15 is 0 Å². The summed E-state index contributed by atoms with van der Waals surface area (Å²) < 4.78 is 39.1. The first-order valence-corrected chi connectivity index (χ1v) is 12.6. The van der Waals surface area contributed by atoms with E-state index in [-0.39, 0.29) is 22.2 Å². The lowest BCUT2D eigenvalue weighted by atomic mass is 10.0. The van der Waals surface area contributed by atoms with Gasteiger partial charge >= 0.3 is 0 Å². The van der Waals surface area contributed by atoms with Crippen molar-refractivity contribution in [1.82, 2.24) is 9.46 Å². The van der Waals surface area contributed by atoms with Gasteiger partial charge in [0.15, 0.2) is 11.5 Å². The van der Waals surface area contributed by atoms with Crippen molar-refractivity contribution in [1.29, 1.82) is 0 Å². The Morgan fingerprint density at radius 3 is 2.56 bits per heavy atom. The van der Waals surface area contributed by atoms with Gasteiger partial charge in [0.1, 0.15) is 10.6 Å². The number of methoxy groups -OCH3 is 1. The third-order valence-electron chi connectivity index (χ3n) is 6.23. The maximum Gasteiger partial charge on any atom is 0.280 e. The van der Waals surface area contributed by atoms with Crippen molar-refractivity contribution in [3.63, 3.8) is 0 Å². The quantitative estimate of drug-likeness (QED) is 0.517. The summed E-state index contributed by atoms with van der Waals surface area (Å²) in [5.74, 6) is 0.733. The van der Waals surface area contributed by atoms with Crippen LogP contribution in [0.15, 0.2) is 57.9 Å². The number of anilines is 1. The molecule has 8 nitrogen and oxygen atoms in total. The second-order valence-corrected chi connectivity index (χ2v) is 10.6. The zero-order valence-corrected chi connectivity index (χ0v) is 20.6. The van der Waals surface area contributed by atoms with Gasteiger partial charge < -0.3 is 14.2 Å². The zero-order valence-electron chi connectivity index (χ0n) is 19.8. The Labute approximate surface area is 200 Å². The highest BCUT2D eigenvalue weighted by Crippen LogP contribution is 2.34. The molecule has 1 aromatic heterocycles. The number of rotatable bonds is 6. The summed E-state index contributed by atoms with van der Waals surface area (Å²) in [6, 6.07) is 13.9. The number of ether oxygens (including phenoxy) is 1. The van der Waals surface area contributed by atoms with Crippen LogP contribution in [0.1, 0.15) is 35.8 Å². The first-order chi connectivity index (χ1) is 16.2. The average molecular weight is 484 g/mol. The molecule has 0 radical (unpaired) electrons. The van der Waals surface area contributed by atoms with Gasteiger partial charge in [-0.2, -0.15) is 4.31 Å². The van der Waals surface area contributed by atoms with Crippen LogP contribution in [-0.2, 0) is 10.0 Å². The second-order valence-electron chi connectivity index (χ2n) is 8.73. The van der Waals surface area contributed by atoms with Crippen molar-refractivity contribution in [2.75, 3.05) is 32.1 Å². The first kappa shape index (κ1) is 24.0. The SMILES string of the molecule is COc1ccc(-c2cc(C(=O)N(C)c3cccc(C)c3)no2)cc1S(=O)(=O)N1CCC(C)CC1. The van der Waals surface area contributed by atoms with Crippen molar-refractivity contribution >= 4 is 21.6 Å². The van der Waals surface area contributed by atoms with Crippen molar-refractivity contribution in [2.45, 2.75) is 31.6 Å². The van der Waals surface area contributed by atoms with Gasteiger partial charge in [-0.05, 0) is 61.6 Å². The van der Waals surface area contributed by atoms with Crippen LogP contribution >= 0.6 is 0 Å². The Balaban J connectivity index is 1.63. The van der Waals surface area contributed by atoms with Crippen LogP contribution in [0.5, 0.6) is 5.75 Å². The van der Waals surface area contributed by atoms with Crippen LogP contribution in [0.2, 0.25) is 0 Å². The second kappa shape index (κ2) is 9.60. The predicted molar refractivity (Wildman–Crippen MR) is 130 cm³/mol. The molecule has 0 atom stereocenters. The molecule has 0 unspecified atom stereocenters. The number of piperidine rings is 1. The van der Waals surface area contributed by atoms with E-state index in [9.17, 15) is 13.2 Å². The standard InChI is InChI=1S/C25H29N3O5S/c1-17-10-12-28(13-11-17)34(30,31)24-15-19(8-9-22(24)32-4)23-16-21(26-33-23)25(29)27(3)20-7-5-6-18(2)14-20/h5-9,14-17H,10-13H2,1-4H3. The van der Waals surface area contributed by atoms with E-state index in [0.29, 0.717) is 30.3 Å². The minimum Gasteiger partial charge on any atom is -0.495 e. The maximum absolute atomic E-state index is 13.4. The number of carbonyl (C=O) groups excluding carboxylic acids is 1. The highest BCUT2D eigenvalue weighted by Gasteiger charge is 2.31. The molecular formula is C25H29N3O5S. The third-order valence-corrected chi connectivity index (χ3v) is 8.15. The number of amides is 1. The van der Waals surface area contributed by atoms with Gasteiger partial charge in [-0.15, -0.1) is 0 Å². The number of hydrogen-bond acceptors (Lipinski definition) is 6. The molecule has 3 aromatic rings. The van der Waals surface area contributed by atoms with Gasteiger partial charge in [-0.3, -0.25) is 4.79 Å². The molecule has 1 amide bonds. The maximum atomic E-state index is 13.4. The fraction of sp³-hybridized carbons (Fsp3) is 0.360. The Bertz CT molecular complexity index is 1290. The monoisotopic (exact) mass is 483 g/mol. The molecule has 1 aliphatic heterocycles. The molecule has 1 aliphatic rings. The number of sulfonamides is 1. The van der Waals surface area contributed by atoms with Gasteiger partial charge in [0.05, 0.1) is 7.11 Å². The van der Waals surface area contributed by atoms with Crippen LogP contribution in [0.4, 0.5) is 5.69 Å². The van der Waals surface area contributed by atoms with Crippen LogP contribution < -0.4 is 9.64 Å². The van der Waals surface area contributed by atoms with Crippen LogP contribution in [0, 0.1) is 12.8 Å². The number of carbonyl (C=O) groups is 1. The Hall–Kier alpha value is -3.17. The van der Waals surface area contributed by atoms with E-state index in [0.717, 1.165) is 24.1 Å². The van der Waals surface area contributed by atoms with Crippen molar-refractivity contribution in [3.05, 3.63) is 59.8 Å². The van der Waals surface area contributed by atoms with E-state index in [4.69, 9.17) is 9.26 Å². The van der Waals surface area contributed by atoms with Gasteiger partial charge in [-0.1, -0.05) is 24.2 Å². The summed E-state index contributed by atoms with van der Waals surface area (Å²) in [6.45, 7) is 5.03. The number of benzene rings is 2. The molecular weight excluding hydrogens is 454 g/mol. The average Bonchev–Trinajstić information content (AvgIpc) is 3.33. The van der Waals surface area contributed by atoms with Gasteiger partial charge in [0, 0.05) is 37.5 Å².